The van der Waals surface area contributed by atoms with E-state index in [9.17, 15) is 4.39 Å². The lowest BCUT2D eigenvalue weighted by Crippen LogP contribution is -2.13. The Hall–Kier alpha value is -1.92. The molecule has 0 radical (unpaired) electrons. The van der Waals surface area contributed by atoms with Crippen molar-refractivity contribution in [1.82, 2.24) is 9.97 Å². The summed E-state index contributed by atoms with van der Waals surface area (Å²) in [6.07, 6.45) is 2.97. The van der Waals surface area contributed by atoms with Crippen LogP contribution in [0.3, 0.4) is 0 Å². The van der Waals surface area contributed by atoms with Gasteiger partial charge in [-0.2, -0.15) is 0 Å². The number of halogens is 2. The van der Waals surface area contributed by atoms with Crippen molar-refractivity contribution in [3.63, 3.8) is 0 Å². The van der Waals surface area contributed by atoms with Gasteiger partial charge in [0.15, 0.2) is 0 Å². The van der Waals surface area contributed by atoms with E-state index in [0.29, 0.717) is 22.3 Å². The predicted octanol–water partition coefficient (Wildman–Crippen LogP) is 3.25. The number of hydrogen-bond acceptors (Lipinski definition) is 5. The molecule has 2 rings (SSSR count). The topological polar surface area (TPSA) is 75.9 Å². The van der Waals surface area contributed by atoms with Gasteiger partial charge in [-0.05, 0) is 24.6 Å². The number of rotatable bonds is 5. The van der Waals surface area contributed by atoms with E-state index < -0.39 is 5.82 Å². The molecule has 0 amide bonds. The summed E-state index contributed by atoms with van der Waals surface area (Å²) in [7, 11) is 0. The van der Waals surface area contributed by atoms with Gasteiger partial charge < -0.3 is 10.7 Å². The van der Waals surface area contributed by atoms with Gasteiger partial charge in [0.2, 0.25) is 0 Å². The van der Waals surface area contributed by atoms with Crippen LogP contribution in [-0.2, 0) is 6.42 Å². The average molecular weight is 296 g/mol. The van der Waals surface area contributed by atoms with Crippen LogP contribution in [0.25, 0.3) is 0 Å². The highest BCUT2D eigenvalue weighted by Gasteiger charge is 2.12. The number of nitrogens with one attached hydrogen (secondary N) is 2. The second-order valence-electron chi connectivity index (χ2n) is 4.19. The van der Waals surface area contributed by atoms with E-state index in [1.54, 1.807) is 12.1 Å². The summed E-state index contributed by atoms with van der Waals surface area (Å²) in [4.78, 5) is 8.20. The van der Waals surface area contributed by atoms with Crippen LogP contribution in [0.5, 0.6) is 0 Å². The molecule has 0 atom stereocenters. The Morgan fingerprint density at radius 1 is 1.30 bits per heavy atom. The Morgan fingerprint density at radius 3 is 2.70 bits per heavy atom. The molecule has 5 nitrogen and oxygen atoms in total. The fourth-order valence-electron chi connectivity index (χ4n) is 1.85. The van der Waals surface area contributed by atoms with Crippen LogP contribution >= 0.6 is 11.6 Å². The normalized spacial score (nSPS) is 10.4. The fraction of sp³-hybridized carbons (Fsp3) is 0.231. The lowest BCUT2D eigenvalue weighted by Gasteiger charge is -2.14. The maximum absolute atomic E-state index is 13.8. The highest BCUT2D eigenvalue weighted by Crippen LogP contribution is 2.27. The highest BCUT2D eigenvalue weighted by atomic mass is 35.5. The first kappa shape index (κ1) is 14.5. The van der Waals surface area contributed by atoms with Gasteiger partial charge in [0.25, 0.3) is 0 Å². The predicted molar refractivity (Wildman–Crippen MR) is 78.5 cm³/mol. The van der Waals surface area contributed by atoms with Crippen LogP contribution in [0.4, 0.5) is 21.7 Å². The Balaban J connectivity index is 2.37. The number of hydrogen-bond donors (Lipinski definition) is 3. The zero-order valence-corrected chi connectivity index (χ0v) is 11.7. The van der Waals surface area contributed by atoms with Crippen molar-refractivity contribution in [3.8, 4) is 0 Å². The van der Waals surface area contributed by atoms with Gasteiger partial charge in [0, 0.05) is 10.6 Å². The molecule has 0 fully saturated rings. The molecule has 4 N–H and O–H groups in total. The molecule has 7 heteroatoms. The Labute approximate surface area is 121 Å². The minimum Gasteiger partial charge on any atom is -0.337 e. The Kier molecular flexibility index (Phi) is 4.70. The van der Waals surface area contributed by atoms with Crippen molar-refractivity contribution in [3.05, 3.63) is 40.9 Å². The molecule has 0 aliphatic carbocycles. The summed E-state index contributed by atoms with van der Waals surface area (Å²) in [5.41, 5.74) is 3.64. The standard InChI is InChI=1S/C13H15ClFN5/c1-2-3-9-12(17-7-18-13(9)20-16)19-11-5-4-8(14)6-10(11)15/h4-7H,2-3,16H2,1H3,(H2,17,18,19,20). The molecule has 0 aliphatic rings. The summed E-state index contributed by atoms with van der Waals surface area (Å²) in [6, 6.07) is 4.41. The van der Waals surface area contributed by atoms with E-state index >= 15 is 0 Å². The second-order valence-corrected chi connectivity index (χ2v) is 4.63. The highest BCUT2D eigenvalue weighted by molar-refractivity contribution is 6.30. The SMILES string of the molecule is CCCc1c(NN)ncnc1Nc1ccc(Cl)cc1F. The second kappa shape index (κ2) is 6.49. The van der Waals surface area contributed by atoms with Crippen molar-refractivity contribution in [1.29, 1.82) is 0 Å². The van der Waals surface area contributed by atoms with Crippen molar-refractivity contribution in [2.75, 3.05) is 10.7 Å². The molecule has 0 bridgehead atoms. The van der Waals surface area contributed by atoms with E-state index in [1.165, 1.54) is 12.4 Å². The monoisotopic (exact) mass is 295 g/mol. The first-order valence-electron chi connectivity index (χ1n) is 6.18. The van der Waals surface area contributed by atoms with Crippen LogP contribution in [0, 0.1) is 5.82 Å². The van der Waals surface area contributed by atoms with Crippen LogP contribution in [0.1, 0.15) is 18.9 Å². The number of nitrogens with zero attached hydrogens (tertiary/aromatic N) is 2. The van der Waals surface area contributed by atoms with E-state index in [0.717, 1.165) is 18.4 Å². The lowest BCUT2D eigenvalue weighted by molar-refractivity contribution is 0.632. The van der Waals surface area contributed by atoms with Crippen molar-refractivity contribution >= 4 is 28.9 Å². The molecule has 0 spiro atoms. The summed E-state index contributed by atoms with van der Waals surface area (Å²) in [5.74, 6) is 6.04. The van der Waals surface area contributed by atoms with Gasteiger partial charge >= 0.3 is 0 Å². The Morgan fingerprint density at radius 2 is 2.05 bits per heavy atom. The third-order valence-corrected chi connectivity index (χ3v) is 3.00. The van der Waals surface area contributed by atoms with Crippen LogP contribution in [0.2, 0.25) is 5.02 Å². The first-order chi connectivity index (χ1) is 9.65. The van der Waals surface area contributed by atoms with Crippen LogP contribution < -0.4 is 16.6 Å². The number of aromatic nitrogens is 2. The minimum atomic E-state index is -0.444. The zero-order chi connectivity index (χ0) is 14.5. The summed E-state index contributed by atoms with van der Waals surface area (Å²) >= 11 is 5.73. The number of benzene rings is 1. The molecule has 0 unspecified atom stereocenters. The van der Waals surface area contributed by atoms with Crippen molar-refractivity contribution < 1.29 is 4.39 Å². The van der Waals surface area contributed by atoms with Gasteiger partial charge in [0.1, 0.15) is 23.8 Å². The van der Waals surface area contributed by atoms with E-state index in [2.05, 4.69) is 20.7 Å². The van der Waals surface area contributed by atoms with E-state index in [-0.39, 0.29) is 0 Å². The van der Waals surface area contributed by atoms with Gasteiger partial charge in [-0.25, -0.2) is 20.2 Å². The first-order valence-corrected chi connectivity index (χ1v) is 6.56. The summed E-state index contributed by atoms with van der Waals surface area (Å²) in [6.45, 7) is 2.03. The third-order valence-electron chi connectivity index (χ3n) is 2.77. The molecule has 2 aromatic rings. The zero-order valence-electron chi connectivity index (χ0n) is 11.0. The van der Waals surface area contributed by atoms with Crippen LogP contribution in [-0.4, -0.2) is 9.97 Å². The molecule has 1 aromatic heterocycles. The number of hydrazine groups is 1. The molecular weight excluding hydrogens is 281 g/mol. The van der Waals surface area contributed by atoms with Gasteiger partial charge in [0.05, 0.1) is 5.69 Å². The van der Waals surface area contributed by atoms with Gasteiger partial charge in [-0.1, -0.05) is 24.9 Å². The smallest absolute Gasteiger partial charge is 0.148 e. The number of anilines is 3. The molecule has 0 saturated carbocycles. The summed E-state index contributed by atoms with van der Waals surface area (Å²) in [5, 5.41) is 3.29. The molecular formula is C13H15ClFN5. The van der Waals surface area contributed by atoms with Crippen molar-refractivity contribution in [2.45, 2.75) is 19.8 Å². The molecule has 1 aromatic carbocycles. The molecule has 1 heterocycles. The number of nitrogen functional groups attached to an aromatic ring is 1. The third kappa shape index (κ3) is 3.15. The quantitative estimate of drug-likeness (QED) is 0.583. The molecule has 106 valence electrons. The number of nitrogens with two attached hydrogens (primary N) is 1. The van der Waals surface area contributed by atoms with Gasteiger partial charge in [-0.3, -0.25) is 0 Å². The molecule has 0 saturated heterocycles. The van der Waals surface area contributed by atoms with Gasteiger partial charge in [-0.15, -0.1) is 0 Å². The molecule has 20 heavy (non-hydrogen) atoms. The minimum absolute atomic E-state index is 0.299. The molecule has 0 aliphatic heterocycles. The summed E-state index contributed by atoms with van der Waals surface area (Å²) < 4.78 is 13.8. The Bertz CT molecular complexity index is 605. The fourth-order valence-corrected chi connectivity index (χ4v) is 2.01. The van der Waals surface area contributed by atoms with E-state index in [1.807, 2.05) is 6.92 Å². The largest absolute Gasteiger partial charge is 0.337 e. The van der Waals surface area contributed by atoms with E-state index in [4.69, 9.17) is 17.4 Å². The lowest BCUT2D eigenvalue weighted by atomic mass is 10.1. The van der Waals surface area contributed by atoms with Crippen molar-refractivity contribution in [2.24, 2.45) is 5.84 Å². The maximum atomic E-state index is 13.8. The maximum Gasteiger partial charge on any atom is 0.148 e. The average Bonchev–Trinajstić information content (AvgIpc) is 2.43. The van der Waals surface area contributed by atoms with Crippen LogP contribution in [0.15, 0.2) is 24.5 Å².